The Balaban J connectivity index is 2.50. The molecular weight excluding hydrogens is 190 g/mol. The monoisotopic (exact) mass is 203 g/mol. The third-order valence-corrected chi connectivity index (χ3v) is 3.72. The first-order valence-electron chi connectivity index (χ1n) is 4.07. The number of amides is 1. The molecule has 0 aliphatic carbocycles. The lowest BCUT2D eigenvalue weighted by Crippen LogP contribution is -2.35. The molecule has 1 aliphatic rings. The van der Waals surface area contributed by atoms with E-state index in [1.807, 2.05) is 0 Å². The second kappa shape index (κ2) is 3.49. The molecule has 0 saturated carbocycles. The van der Waals surface area contributed by atoms with E-state index in [4.69, 9.17) is 0 Å². The van der Waals surface area contributed by atoms with Crippen molar-refractivity contribution in [1.82, 2.24) is 5.32 Å². The summed E-state index contributed by atoms with van der Waals surface area (Å²) in [6.45, 7) is 5.07. The van der Waals surface area contributed by atoms with Gasteiger partial charge < -0.3 is 5.32 Å². The Kier molecular flexibility index (Phi) is 2.75. The minimum atomic E-state index is -2.91. The largest absolute Gasteiger partial charge is 0.349 e. The highest BCUT2D eigenvalue weighted by Gasteiger charge is 2.28. The maximum atomic E-state index is 11.1. The lowest BCUT2D eigenvalue weighted by atomic mass is 10.2. The van der Waals surface area contributed by atoms with Crippen molar-refractivity contribution in [3.05, 3.63) is 12.2 Å². The SMILES string of the molecule is C=C(C)C(=O)N[C@H]1CCS(=O)(=O)C1. The average Bonchev–Trinajstić information content (AvgIpc) is 2.30. The van der Waals surface area contributed by atoms with Crippen LogP contribution in [-0.2, 0) is 14.6 Å². The zero-order valence-corrected chi connectivity index (χ0v) is 8.36. The Bertz CT molecular complexity index is 331. The molecule has 0 spiro atoms. The van der Waals surface area contributed by atoms with Crippen LogP contribution in [0.3, 0.4) is 0 Å². The first-order chi connectivity index (χ1) is 5.91. The van der Waals surface area contributed by atoms with Gasteiger partial charge in [0, 0.05) is 11.6 Å². The summed E-state index contributed by atoms with van der Waals surface area (Å²) in [4.78, 5) is 11.1. The molecule has 5 heteroatoms. The van der Waals surface area contributed by atoms with E-state index in [9.17, 15) is 13.2 Å². The van der Waals surface area contributed by atoms with Crippen LogP contribution in [-0.4, -0.2) is 31.9 Å². The molecule has 1 N–H and O–H groups in total. The van der Waals surface area contributed by atoms with Crippen molar-refractivity contribution < 1.29 is 13.2 Å². The molecule has 0 bridgehead atoms. The summed E-state index contributed by atoms with van der Waals surface area (Å²) in [5.74, 6) is -0.0257. The van der Waals surface area contributed by atoms with Crippen molar-refractivity contribution in [3.63, 3.8) is 0 Å². The van der Waals surface area contributed by atoms with Crippen LogP contribution in [0.4, 0.5) is 0 Å². The summed E-state index contributed by atoms with van der Waals surface area (Å²) in [6, 6.07) is -0.228. The molecule has 74 valence electrons. The molecule has 1 aliphatic heterocycles. The number of nitrogens with one attached hydrogen (secondary N) is 1. The predicted octanol–water partition coefficient (Wildman–Crippen LogP) is -0.134. The molecule has 0 radical (unpaired) electrons. The summed E-state index contributed by atoms with van der Waals surface area (Å²) < 4.78 is 22.0. The standard InChI is InChI=1S/C8H13NO3S/c1-6(2)8(10)9-7-3-4-13(11,12)5-7/h7H,1,3-5H2,2H3,(H,9,10)/t7-/m0/s1. The normalized spacial score (nSPS) is 25.5. The number of hydrogen-bond acceptors (Lipinski definition) is 3. The first-order valence-corrected chi connectivity index (χ1v) is 5.89. The van der Waals surface area contributed by atoms with Gasteiger partial charge in [0.1, 0.15) is 0 Å². The van der Waals surface area contributed by atoms with Crippen LogP contribution in [0, 0.1) is 0 Å². The van der Waals surface area contributed by atoms with Gasteiger partial charge in [-0.2, -0.15) is 0 Å². The molecule has 4 nitrogen and oxygen atoms in total. The van der Waals surface area contributed by atoms with Crippen LogP contribution in [0.2, 0.25) is 0 Å². The van der Waals surface area contributed by atoms with Crippen LogP contribution < -0.4 is 5.32 Å². The second-order valence-corrected chi connectivity index (χ2v) is 5.58. The highest BCUT2D eigenvalue weighted by molar-refractivity contribution is 7.91. The van der Waals surface area contributed by atoms with E-state index in [-0.39, 0.29) is 23.5 Å². The van der Waals surface area contributed by atoms with E-state index >= 15 is 0 Å². The molecule has 1 amide bonds. The average molecular weight is 203 g/mol. The fourth-order valence-electron chi connectivity index (χ4n) is 1.22. The quantitative estimate of drug-likeness (QED) is 0.636. The van der Waals surface area contributed by atoms with Gasteiger partial charge in [0.25, 0.3) is 0 Å². The fraction of sp³-hybridized carbons (Fsp3) is 0.625. The fourth-order valence-corrected chi connectivity index (χ4v) is 2.89. The summed E-state index contributed by atoms with van der Waals surface area (Å²) in [5, 5.41) is 2.62. The van der Waals surface area contributed by atoms with Crippen molar-refractivity contribution in [2.75, 3.05) is 11.5 Å². The molecule has 0 aromatic rings. The third kappa shape index (κ3) is 2.84. The number of sulfone groups is 1. The minimum Gasteiger partial charge on any atom is -0.349 e. The van der Waals surface area contributed by atoms with Crippen LogP contribution in [0.1, 0.15) is 13.3 Å². The number of carbonyl (C=O) groups is 1. The van der Waals surface area contributed by atoms with Gasteiger partial charge in [0.05, 0.1) is 11.5 Å². The topological polar surface area (TPSA) is 63.2 Å². The molecule has 1 rings (SSSR count). The van der Waals surface area contributed by atoms with Gasteiger partial charge in [0.15, 0.2) is 9.84 Å². The van der Waals surface area contributed by atoms with Crippen LogP contribution in [0.25, 0.3) is 0 Å². The van der Waals surface area contributed by atoms with Gasteiger partial charge in [-0.3, -0.25) is 4.79 Å². The van der Waals surface area contributed by atoms with Gasteiger partial charge in [-0.15, -0.1) is 0 Å². The highest BCUT2D eigenvalue weighted by Crippen LogP contribution is 2.11. The first kappa shape index (κ1) is 10.2. The second-order valence-electron chi connectivity index (χ2n) is 3.35. The van der Waals surface area contributed by atoms with Crippen LogP contribution in [0.5, 0.6) is 0 Å². The van der Waals surface area contributed by atoms with Crippen molar-refractivity contribution in [1.29, 1.82) is 0 Å². The van der Waals surface area contributed by atoms with E-state index in [1.165, 1.54) is 0 Å². The van der Waals surface area contributed by atoms with E-state index in [0.29, 0.717) is 12.0 Å². The van der Waals surface area contributed by atoms with Crippen molar-refractivity contribution in [2.24, 2.45) is 0 Å². The molecule has 13 heavy (non-hydrogen) atoms. The molecule has 0 aromatic carbocycles. The predicted molar refractivity (Wildman–Crippen MR) is 50.0 cm³/mol. The van der Waals surface area contributed by atoms with E-state index in [2.05, 4.69) is 11.9 Å². The highest BCUT2D eigenvalue weighted by atomic mass is 32.2. The zero-order valence-electron chi connectivity index (χ0n) is 7.54. The third-order valence-electron chi connectivity index (χ3n) is 1.96. The Morgan fingerprint density at radius 3 is 2.54 bits per heavy atom. The van der Waals surface area contributed by atoms with Crippen molar-refractivity contribution >= 4 is 15.7 Å². The van der Waals surface area contributed by atoms with Gasteiger partial charge in [0.2, 0.25) is 5.91 Å². The summed E-state index contributed by atoms with van der Waals surface area (Å²) >= 11 is 0. The Labute approximate surface area is 77.9 Å². The Morgan fingerprint density at radius 2 is 2.15 bits per heavy atom. The number of hydrogen-bond donors (Lipinski definition) is 1. The van der Waals surface area contributed by atoms with E-state index in [1.54, 1.807) is 6.92 Å². The van der Waals surface area contributed by atoms with Gasteiger partial charge in [-0.1, -0.05) is 6.58 Å². The lowest BCUT2D eigenvalue weighted by Gasteiger charge is -2.09. The van der Waals surface area contributed by atoms with Gasteiger partial charge in [-0.05, 0) is 13.3 Å². The Hall–Kier alpha value is -0.840. The van der Waals surface area contributed by atoms with E-state index < -0.39 is 9.84 Å². The number of carbonyl (C=O) groups excluding carboxylic acids is 1. The van der Waals surface area contributed by atoms with E-state index in [0.717, 1.165) is 0 Å². The van der Waals surface area contributed by atoms with Crippen molar-refractivity contribution in [3.8, 4) is 0 Å². The minimum absolute atomic E-state index is 0.0615. The molecule has 0 aromatic heterocycles. The maximum Gasteiger partial charge on any atom is 0.246 e. The summed E-state index contributed by atoms with van der Waals surface area (Å²) in [6.07, 6.45) is 0.515. The van der Waals surface area contributed by atoms with Crippen molar-refractivity contribution in [2.45, 2.75) is 19.4 Å². The summed E-state index contributed by atoms with van der Waals surface area (Å²) in [7, 11) is -2.91. The molecule has 1 fully saturated rings. The zero-order chi connectivity index (χ0) is 10.1. The van der Waals surface area contributed by atoms with Crippen LogP contribution in [0.15, 0.2) is 12.2 Å². The maximum absolute atomic E-state index is 11.1. The Morgan fingerprint density at radius 1 is 1.54 bits per heavy atom. The van der Waals surface area contributed by atoms with Gasteiger partial charge >= 0.3 is 0 Å². The number of rotatable bonds is 2. The molecular formula is C8H13NO3S. The molecule has 0 unspecified atom stereocenters. The van der Waals surface area contributed by atoms with Gasteiger partial charge in [-0.25, -0.2) is 8.42 Å². The molecule has 1 saturated heterocycles. The van der Waals surface area contributed by atoms with Crippen LogP contribution >= 0.6 is 0 Å². The smallest absolute Gasteiger partial charge is 0.246 e. The lowest BCUT2D eigenvalue weighted by molar-refractivity contribution is -0.117. The molecule has 1 atom stereocenters. The summed E-state index contributed by atoms with van der Waals surface area (Å²) in [5.41, 5.74) is 0.407. The molecule has 1 heterocycles.